The Morgan fingerprint density at radius 1 is 1.09 bits per heavy atom. The number of carbonyl (C=O) groups is 1. The van der Waals surface area contributed by atoms with Crippen molar-refractivity contribution < 1.29 is 19.4 Å². The van der Waals surface area contributed by atoms with E-state index < -0.39 is 12.3 Å². The van der Waals surface area contributed by atoms with Gasteiger partial charge >= 0.3 is 6.09 Å². The standard InChI is InChI=1S/C23H27FN6O3/c1-13-7-15-10-25-30(22-9-21(26-14(2)27-22)28-5-3-16(31)11-28)20(15)8-18(13)17-4-6-29(23(32)33)12-19(17)24/h7-10,16-17,19,31H,3-6,11-12H2,1-2H3,(H,32,33)/t16-,17?,19?/m1/s1. The Kier molecular flexibility index (Phi) is 5.40. The van der Waals surface area contributed by atoms with Crippen molar-refractivity contribution in [2.24, 2.45) is 0 Å². The van der Waals surface area contributed by atoms with Gasteiger partial charge in [-0.05, 0) is 49.9 Å². The third-order valence-electron chi connectivity index (χ3n) is 6.68. The maximum Gasteiger partial charge on any atom is 0.407 e. The summed E-state index contributed by atoms with van der Waals surface area (Å²) in [5.41, 5.74) is 2.65. The summed E-state index contributed by atoms with van der Waals surface area (Å²) in [6.07, 6.45) is 0.196. The molecule has 0 bridgehead atoms. The number of halogens is 1. The fraction of sp³-hybridized carbons (Fsp3) is 0.478. The molecular formula is C23H27FN6O3. The van der Waals surface area contributed by atoms with Gasteiger partial charge in [-0.2, -0.15) is 5.10 Å². The Morgan fingerprint density at radius 3 is 2.58 bits per heavy atom. The van der Waals surface area contributed by atoms with Crippen LogP contribution in [0.25, 0.3) is 16.7 Å². The molecule has 1 aromatic carbocycles. The van der Waals surface area contributed by atoms with E-state index in [1.54, 1.807) is 10.9 Å². The quantitative estimate of drug-likeness (QED) is 0.627. The lowest BCUT2D eigenvalue weighted by molar-refractivity contribution is 0.0962. The Balaban J connectivity index is 1.52. The number of anilines is 1. The van der Waals surface area contributed by atoms with Gasteiger partial charge < -0.3 is 20.0 Å². The van der Waals surface area contributed by atoms with E-state index in [0.29, 0.717) is 37.6 Å². The van der Waals surface area contributed by atoms with Gasteiger partial charge in [-0.1, -0.05) is 0 Å². The van der Waals surface area contributed by atoms with Gasteiger partial charge in [0, 0.05) is 37.0 Å². The number of fused-ring (bicyclic) bond motifs is 1. The number of aromatic nitrogens is 4. The van der Waals surface area contributed by atoms with Gasteiger partial charge in [0.2, 0.25) is 0 Å². The number of hydrogen-bond donors (Lipinski definition) is 2. The third-order valence-corrected chi connectivity index (χ3v) is 6.68. The fourth-order valence-corrected chi connectivity index (χ4v) is 4.97. The molecule has 0 radical (unpaired) electrons. The van der Waals surface area contributed by atoms with Crippen molar-refractivity contribution in [1.29, 1.82) is 0 Å². The summed E-state index contributed by atoms with van der Waals surface area (Å²) in [5, 5.41) is 24.6. The van der Waals surface area contributed by atoms with Crippen molar-refractivity contribution >= 4 is 22.8 Å². The number of benzene rings is 1. The zero-order valence-corrected chi connectivity index (χ0v) is 18.6. The first-order valence-corrected chi connectivity index (χ1v) is 11.2. The fourth-order valence-electron chi connectivity index (χ4n) is 4.97. The maximum absolute atomic E-state index is 15.0. The topological polar surface area (TPSA) is 108 Å². The van der Waals surface area contributed by atoms with Crippen LogP contribution >= 0.6 is 0 Å². The normalized spacial score (nSPS) is 23.5. The van der Waals surface area contributed by atoms with Crippen molar-refractivity contribution in [1.82, 2.24) is 24.6 Å². The van der Waals surface area contributed by atoms with E-state index in [1.807, 2.05) is 36.9 Å². The number of aryl methyl sites for hydroxylation is 2. The highest BCUT2D eigenvalue weighted by atomic mass is 19.1. The van der Waals surface area contributed by atoms with E-state index >= 15 is 4.39 Å². The molecule has 2 aliphatic heterocycles. The molecule has 2 N–H and O–H groups in total. The van der Waals surface area contributed by atoms with Crippen LogP contribution in [-0.4, -0.2) is 79.4 Å². The van der Waals surface area contributed by atoms with Gasteiger partial charge in [0.15, 0.2) is 5.82 Å². The Hall–Kier alpha value is -3.27. The first-order valence-electron chi connectivity index (χ1n) is 11.2. The lowest BCUT2D eigenvalue weighted by atomic mass is 9.85. The molecule has 2 saturated heterocycles. The van der Waals surface area contributed by atoms with E-state index in [4.69, 9.17) is 0 Å². The van der Waals surface area contributed by atoms with Crippen LogP contribution in [0.2, 0.25) is 0 Å². The SMILES string of the molecule is Cc1nc(N2CC[C@@H](O)C2)cc(-n2ncc3cc(C)c(C4CCN(C(=O)O)CC4F)cc32)n1. The van der Waals surface area contributed by atoms with E-state index in [0.717, 1.165) is 39.3 Å². The molecule has 4 heterocycles. The molecule has 2 unspecified atom stereocenters. The van der Waals surface area contributed by atoms with Crippen molar-refractivity contribution in [3.63, 3.8) is 0 Å². The summed E-state index contributed by atoms with van der Waals surface area (Å²) >= 11 is 0. The molecule has 2 aliphatic rings. The second kappa shape index (κ2) is 8.26. The van der Waals surface area contributed by atoms with Crippen molar-refractivity contribution in [3.8, 4) is 5.82 Å². The minimum atomic E-state index is -1.27. The molecule has 10 heteroatoms. The molecule has 0 saturated carbocycles. The lowest BCUT2D eigenvalue weighted by Crippen LogP contribution is -2.43. The van der Waals surface area contributed by atoms with Crippen LogP contribution in [0.5, 0.6) is 0 Å². The third kappa shape index (κ3) is 3.99. The highest BCUT2D eigenvalue weighted by Crippen LogP contribution is 2.35. The summed E-state index contributed by atoms with van der Waals surface area (Å²) in [4.78, 5) is 23.5. The lowest BCUT2D eigenvalue weighted by Gasteiger charge is -2.34. The number of carboxylic acid groups (broad SMARTS) is 1. The first-order chi connectivity index (χ1) is 15.8. The Morgan fingerprint density at radius 2 is 1.88 bits per heavy atom. The molecule has 5 rings (SSSR count). The van der Waals surface area contributed by atoms with Crippen molar-refractivity contribution in [3.05, 3.63) is 41.3 Å². The van der Waals surface area contributed by atoms with Crippen LogP contribution in [0.1, 0.15) is 35.7 Å². The number of aliphatic hydroxyl groups excluding tert-OH is 1. The molecule has 3 atom stereocenters. The molecule has 33 heavy (non-hydrogen) atoms. The number of nitrogens with zero attached hydrogens (tertiary/aromatic N) is 6. The van der Waals surface area contributed by atoms with Gasteiger partial charge in [0.05, 0.1) is 24.4 Å². The number of rotatable bonds is 3. The first kappa shape index (κ1) is 21.6. The number of hydrogen-bond acceptors (Lipinski definition) is 6. The highest BCUT2D eigenvalue weighted by molar-refractivity contribution is 5.82. The van der Waals surface area contributed by atoms with E-state index in [9.17, 15) is 15.0 Å². The Labute approximate surface area is 190 Å². The van der Waals surface area contributed by atoms with Crippen LogP contribution < -0.4 is 4.90 Å². The van der Waals surface area contributed by atoms with Crippen LogP contribution in [-0.2, 0) is 0 Å². The molecule has 3 aromatic rings. The number of likely N-dealkylation sites (tertiary alicyclic amines) is 1. The zero-order valence-electron chi connectivity index (χ0n) is 18.6. The molecule has 2 fully saturated rings. The summed E-state index contributed by atoms with van der Waals surface area (Å²) in [7, 11) is 0. The van der Waals surface area contributed by atoms with Crippen molar-refractivity contribution in [2.45, 2.75) is 44.9 Å². The summed E-state index contributed by atoms with van der Waals surface area (Å²) < 4.78 is 16.7. The van der Waals surface area contributed by atoms with E-state index in [2.05, 4.69) is 15.1 Å². The van der Waals surface area contributed by atoms with Crippen molar-refractivity contribution in [2.75, 3.05) is 31.1 Å². The van der Waals surface area contributed by atoms with Crippen LogP contribution in [0.15, 0.2) is 24.4 Å². The number of aliphatic hydroxyl groups is 1. The predicted molar refractivity (Wildman–Crippen MR) is 121 cm³/mol. The summed E-state index contributed by atoms with van der Waals surface area (Å²) in [6.45, 7) is 5.23. The maximum atomic E-state index is 15.0. The average Bonchev–Trinajstić information content (AvgIpc) is 3.38. The monoisotopic (exact) mass is 454 g/mol. The largest absolute Gasteiger partial charge is 0.465 e. The number of amides is 1. The number of alkyl halides is 1. The van der Waals surface area contributed by atoms with E-state index in [1.165, 1.54) is 0 Å². The van der Waals surface area contributed by atoms with Gasteiger partial charge in [0.1, 0.15) is 17.8 Å². The molecule has 0 spiro atoms. The molecule has 174 valence electrons. The number of β-amino-alcohol motifs (C(OH)–C–C–N with tert-alkyl or cyclic N) is 1. The average molecular weight is 455 g/mol. The van der Waals surface area contributed by atoms with Gasteiger partial charge in [-0.15, -0.1) is 0 Å². The predicted octanol–water partition coefficient (Wildman–Crippen LogP) is 2.81. The molecule has 9 nitrogen and oxygen atoms in total. The van der Waals surface area contributed by atoms with Crippen LogP contribution in [0.4, 0.5) is 15.0 Å². The number of piperidine rings is 1. The molecule has 2 aromatic heterocycles. The van der Waals surface area contributed by atoms with Crippen LogP contribution in [0.3, 0.4) is 0 Å². The van der Waals surface area contributed by atoms with Gasteiger partial charge in [-0.3, -0.25) is 0 Å². The summed E-state index contributed by atoms with van der Waals surface area (Å²) in [6, 6.07) is 5.82. The molecular weight excluding hydrogens is 427 g/mol. The Bertz CT molecular complexity index is 1210. The minimum Gasteiger partial charge on any atom is -0.465 e. The highest BCUT2D eigenvalue weighted by Gasteiger charge is 2.33. The molecule has 1 amide bonds. The van der Waals surface area contributed by atoms with Crippen LogP contribution in [0, 0.1) is 13.8 Å². The zero-order chi connectivity index (χ0) is 23.3. The van der Waals surface area contributed by atoms with E-state index in [-0.39, 0.29) is 18.6 Å². The second-order valence-corrected chi connectivity index (χ2v) is 8.98. The van der Waals surface area contributed by atoms with Gasteiger partial charge in [-0.25, -0.2) is 23.8 Å². The summed E-state index contributed by atoms with van der Waals surface area (Å²) in [5.74, 6) is 1.59. The minimum absolute atomic E-state index is 0.118. The smallest absolute Gasteiger partial charge is 0.407 e. The second-order valence-electron chi connectivity index (χ2n) is 8.98. The molecule has 0 aliphatic carbocycles. The van der Waals surface area contributed by atoms with Gasteiger partial charge in [0.25, 0.3) is 0 Å².